The largest absolute Gasteiger partial charge is 0.387 e. The summed E-state index contributed by atoms with van der Waals surface area (Å²) in [4.78, 5) is 22.5. The van der Waals surface area contributed by atoms with Gasteiger partial charge in [-0.1, -0.05) is 30.3 Å². The Morgan fingerprint density at radius 1 is 1.17 bits per heavy atom. The maximum Gasteiger partial charge on any atom is 0.245 e. The van der Waals surface area contributed by atoms with Crippen molar-refractivity contribution in [1.29, 1.82) is 0 Å². The Labute approximate surface area is 173 Å². The first-order valence-electron chi connectivity index (χ1n) is 9.95. The van der Waals surface area contributed by atoms with Crippen molar-refractivity contribution in [2.45, 2.75) is 24.8 Å². The Balaban J connectivity index is 1.45. The normalized spacial score (nSPS) is 15.9. The molecule has 3 aromatic rings. The minimum atomic E-state index is -0.525. The molecule has 2 heterocycles. The molecule has 2 aliphatic rings. The lowest BCUT2D eigenvalue weighted by atomic mass is 9.97. The molecule has 2 aromatic carbocycles. The second-order valence-corrected chi connectivity index (χ2v) is 7.90. The standard InChI is InChI=1S/C23H21FN4O2/c24-19-4-2-1-3-17(19)16-11-26-22(27-12-16)28-14-23(7-8-23)18-6-5-15(9-20(18)28)10-25-21(30)13-29/h1-6,9,11-12,29H,7-8,10,13-14H2,(H,25,30). The molecule has 1 saturated carbocycles. The lowest BCUT2D eigenvalue weighted by molar-refractivity contribution is -0.123. The fourth-order valence-electron chi connectivity index (χ4n) is 4.14. The minimum absolute atomic E-state index is 0.149. The molecule has 0 radical (unpaired) electrons. The van der Waals surface area contributed by atoms with Crippen LogP contribution in [-0.4, -0.2) is 34.1 Å². The number of hydrogen-bond acceptors (Lipinski definition) is 5. The van der Waals surface area contributed by atoms with Crippen molar-refractivity contribution in [3.05, 3.63) is 71.8 Å². The number of carbonyl (C=O) groups is 1. The number of nitrogens with one attached hydrogen (secondary N) is 1. The van der Waals surface area contributed by atoms with Gasteiger partial charge in [0.05, 0.1) is 0 Å². The van der Waals surface area contributed by atoms with Gasteiger partial charge in [-0.15, -0.1) is 0 Å². The fraction of sp³-hybridized carbons (Fsp3) is 0.261. The summed E-state index contributed by atoms with van der Waals surface area (Å²) in [5, 5.41) is 11.6. The zero-order valence-electron chi connectivity index (χ0n) is 16.3. The van der Waals surface area contributed by atoms with Gasteiger partial charge in [0.1, 0.15) is 12.4 Å². The number of nitrogens with zero attached hydrogens (tertiary/aromatic N) is 3. The van der Waals surface area contributed by atoms with E-state index in [2.05, 4.69) is 26.3 Å². The molecule has 1 fully saturated rings. The molecular formula is C23H21FN4O2. The van der Waals surface area contributed by atoms with Crippen LogP contribution in [0.2, 0.25) is 0 Å². The Bertz CT molecular complexity index is 1110. The highest BCUT2D eigenvalue weighted by Crippen LogP contribution is 2.57. The van der Waals surface area contributed by atoms with Crippen molar-refractivity contribution in [2.24, 2.45) is 0 Å². The number of halogens is 1. The van der Waals surface area contributed by atoms with Gasteiger partial charge in [-0.05, 0) is 36.1 Å². The van der Waals surface area contributed by atoms with Crippen LogP contribution in [0.5, 0.6) is 0 Å². The monoisotopic (exact) mass is 404 g/mol. The van der Waals surface area contributed by atoms with Gasteiger partial charge in [0.2, 0.25) is 11.9 Å². The van der Waals surface area contributed by atoms with E-state index in [4.69, 9.17) is 5.11 Å². The number of aliphatic hydroxyl groups is 1. The highest BCUT2D eigenvalue weighted by molar-refractivity contribution is 5.77. The van der Waals surface area contributed by atoms with Crippen LogP contribution in [0.3, 0.4) is 0 Å². The fourth-order valence-corrected chi connectivity index (χ4v) is 4.14. The lowest BCUT2D eigenvalue weighted by Gasteiger charge is -2.18. The Morgan fingerprint density at radius 2 is 1.93 bits per heavy atom. The summed E-state index contributed by atoms with van der Waals surface area (Å²) in [7, 11) is 0. The quantitative estimate of drug-likeness (QED) is 0.683. The van der Waals surface area contributed by atoms with E-state index in [1.165, 1.54) is 11.6 Å². The van der Waals surface area contributed by atoms with Crippen molar-refractivity contribution >= 4 is 17.5 Å². The molecule has 152 valence electrons. The highest BCUT2D eigenvalue weighted by atomic mass is 19.1. The Morgan fingerprint density at radius 3 is 2.63 bits per heavy atom. The first-order valence-corrected chi connectivity index (χ1v) is 9.95. The number of anilines is 2. The van der Waals surface area contributed by atoms with Crippen molar-refractivity contribution in [2.75, 3.05) is 18.1 Å². The summed E-state index contributed by atoms with van der Waals surface area (Å²) in [6.45, 7) is 0.636. The number of fused-ring (bicyclic) bond motifs is 2. The highest BCUT2D eigenvalue weighted by Gasteiger charge is 2.52. The molecule has 5 rings (SSSR count). The van der Waals surface area contributed by atoms with Gasteiger partial charge in [0, 0.05) is 47.7 Å². The molecule has 7 heteroatoms. The third-order valence-electron chi connectivity index (χ3n) is 5.94. The number of rotatable bonds is 5. The molecule has 1 aromatic heterocycles. The van der Waals surface area contributed by atoms with Crippen LogP contribution in [-0.2, 0) is 16.8 Å². The molecule has 1 aliphatic heterocycles. The summed E-state index contributed by atoms with van der Waals surface area (Å²) in [6, 6.07) is 12.8. The number of benzene rings is 2. The van der Waals surface area contributed by atoms with E-state index < -0.39 is 12.5 Å². The molecular weight excluding hydrogens is 383 g/mol. The third-order valence-corrected chi connectivity index (χ3v) is 5.94. The van der Waals surface area contributed by atoms with Crippen molar-refractivity contribution in [3.8, 4) is 11.1 Å². The number of hydrogen-bond donors (Lipinski definition) is 2. The van der Waals surface area contributed by atoms with Gasteiger partial charge in [-0.3, -0.25) is 4.79 Å². The predicted molar refractivity (Wildman–Crippen MR) is 111 cm³/mol. The Kier molecular flexibility index (Phi) is 4.47. The van der Waals surface area contributed by atoms with Crippen molar-refractivity contribution in [3.63, 3.8) is 0 Å². The molecule has 1 spiro atoms. The average molecular weight is 404 g/mol. The lowest BCUT2D eigenvalue weighted by Crippen LogP contribution is -2.25. The summed E-state index contributed by atoms with van der Waals surface area (Å²) in [5.41, 5.74) is 4.53. The van der Waals surface area contributed by atoms with E-state index in [1.807, 2.05) is 12.1 Å². The second kappa shape index (κ2) is 7.18. The molecule has 1 aliphatic carbocycles. The molecule has 0 unspecified atom stereocenters. The van der Waals surface area contributed by atoms with Crippen molar-refractivity contribution < 1.29 is 14.3 Å². The zero-order valence-corrected chi connectivity index (χ0v) is 16.3. The molecule has 2 N–H and O–H groups in total. The van der Waals surface area contributed by atoms with Crippen LogP contribution in [0.4, 0.5) is 16.0 Å². The van der Waals surface area contributed by atoms with Crippen LogP contribution < -0.4 is 10.2 Å². The summed E-state index contributed by atoms with van der Waals surface area (Å²) >= 11 is 0. The predicted octanol–water partition coefficient (Wildman–Crippen LogP) is 3.07. The molecule has 0 bridgehead atoms. The minimum Gasteiger partial charge on any atom is -0.387 e. The van der Waals surface area contributed by atoms with E-state index in [0.717, 1.165) is 30.6 Å². The smallest absolute Gasteiger partial charge is 0.245 e. The van der Waals surface area contributed by atoms with Gasteiger partial charge in [-0.25, -0.2) is 14.4 Å². The molecule has 1 amide bonds. The van der Waals surface area contributed by atoms with Crippen LogP contribution in [0.15, 0.2) is 54.9 Å². The summed E-state index contributed by atoms with van der Waals surface area (Å²) in [5.74, 6) is -0.124. The molecule has 6 nitrogen and oxygen atoms in total. The van der Waals surface area contributed by atoms with E-state index in [-0.39, 0.29) is 11.2 Å². The van der Waals surface area contributed by atoms with Crippen LogP contribution >= 0.6 is 0 Å². The number of carbonyl (C=O) groups excluding carboxylic acids is 1. The van der Waals surface area contributed by atoms with Gasteiger partial charge >= 0.3 is 0 Å². The first-order chi connectivity index (χ1) is 14.6. The average Bonchev–Trinajstić information content (AvgIpc) is 3.49. The van der Waals surface area contributed by atoms with E-state index in [0.29, 0.717) is 23.6 Å². The molecule has 0 atom stereocenters. The first kappa shape index (κ1) is 18.7. The Hall–Kier alpha value is -3.32. The van der Waals surface area contributed by atoms with Gasteiger partial charge < -0.3 is 15.3 Å². The molecule has 0 saturated heterocycles. The summed E-state index contributed by atoms with van der Waals surface area (Å²) in [6.07, 6.45) is 5.57. The molecule has 30 heavy (non-hydrogen) atoms. The van der Waals surface area contributed by atoms with E-state index in [9.17, 15) is 9.18 Å². The topological polar surface area (TPSA) is 78.4 Å². The number of aliphatic hydroxyl groups excluding tert-OH is 1. The van der Waals surface area contributed by atoms with Crippen LogP contribution in [0, 0.1) is 5.82 Å². The number of aromatic nitrogens is 2. The van der Waals surface area contributed by atoms with Crippen LogP contribution in [0.25, 0.3) is 11.1 Å². The van der Waals surface area contributed by atoms with Gasteiger partial charge in [0.15, 0.2) is 0 Å². The van der Waals surface area contributed by atoms with E-state index in [1.54, 1.807) is 30.6 Å². The van der Waals surface area contributed by atoms with Crippen LogP contribution in [0.1, 0.15) is 24.0 Å². The van der Waals surface area contributed by atoms with Gasteiger partial charge in [0.25, 0.3) is 0 Å². The summed E-state index contributed by atoms with van der Waals surface area (Å²) < 4.78 is 14.1. The maximum absolute atomic E-state index is 14.1. The maximum atomic E-state index is 14.1. The van der Waals surface area contributed by atoms with E-state index >= 15 is 0 Å². The van der Waals surface area contributed by atoms with Gasteiger partial charge in [-0.2, -0.15) is 0 Å². The number of amides is 1. The third kappa shape index (κ3) is 3.21. The zero-order chi connectivity index (χ0) is 20.7. The van der Waals surface area contributed by atoms with Crippen molar-refractivity contribution in [1.82, 2.24) is 15.3 Å². The SMILES string of the molecule is O=C(CO)NCc1ccc2c(c1)N(c1ncc(-c3ccccc3F)cn1)CC21CC1. The second-order valence-electron chi connectivity index (χ2n) is 7.90.